The number of hydrogen-bond donors (Lipinski definition) is 0. The van der Waals surface area contributed by atoms with Gasteiger partial charge in [-0.1, -0.05) is 60.7 Å². The molecule has 0 fully saturated rings. The van der Waals surface area contributed by atoms with Crippen LogP contribution in [0.15, 0.2) is 78.9 Å². The minimum atomic E-state index is -0.597. The van der Waals surface area contributed by atoms with Crippen LogP contribution in [0.4, 0.5) is 0 Å². The van der Waals surface area contributed by atoms with Crippen LogP contribution in [-0.2, 0) is 9.78 Å². The monoisotopic (exact) mass is 422 g/mol. The molecule has 0 unspecified atom stereocenters. The number of rotatable bonds is 4. The lowest BCUT2D eigenvalue weighted by Gasteiger charge is -2.16. The third kappa shape index (κ3) is 3.49. The van der Waals surface area contributed by atoms with Crippen LogP contribution in [-0.4, -0.2) is 17.4 Å². The van der Waals surface area contributed by atoms with Crippen LogP contribution < -0.4 is 0 Å². The maximum atomic E-state index is 13.4. The molecule has 4 heteroatoms. The second kappa shape index (κ2) is 7.43. The molecule has 0 spiro atoms. The molecule has 0 heterocycles. The van der Waals surface area contributed by atoms with E-state index >= 15 is 0 Å². The largest absolute Gasteiger partial charge is 0.373 e. The first kappa shape index (κ1) is 20.2. The molecule has 0 bridgehead atoms. The van der Waals surface area contributed by atoms with E-state index in [0.717, 1.165) is 26.9 Å². The van der Waals surface area contributed by atoms with Crippen molar-refractivity contribution in [1.29, 1.82) is 0 Å². The summed E-state index contributed by atoms with van der Waals surface area (Å²) in [6.07, 6.45) is 0. The van der Waals surface area contributed by atoms with Crippen LogP contribution >= 0.6 is 0 Å². The van der Waals surface area contributed by atoms with Crippen molar-refractivity contribution in [3.63, 3.8) is 0 Å². The second-order valence-corrected chi connectivity index (χ2v) is 8.94. The SMILES string of the molecule is CC(C)(C)OOC(=O)c1ccc(C(=O)c2ccc3ccc4cccc5ccc2c3c45)cc1. The van der Waals surface area contributed by atoms with Crippen LogP contribution in [0.1, 0.15) is 47.1 Å². The van der Waals surface area contributed by atoms with E-state index in [4.69, 9.17) is 9.78 Å². The maximum Gasteiger partial charge on any atom is 0.373 e. The summed E-state index contributed by atoms with van der Waals surface area (Å²) in [7, 11) is 0. The van der Waals surface area contributed by atoms with Crippen molar-refractivity contribution < 1.29 is 19.4 Å². The fourth-order valence-corrected chi connectivity index (χ4v) is 4.06. The highest BCUT2D eigenvalue weighted by Gasteiger charge is 2.19. The summed E-state index contributed by atoms with van der Waals surface area (Å²) >= 11 is 0. The topological polar surface area (TPSA) is 52.6 Å². The fourth-order valence-electron chi connectivity index (χ4n) is 4.06. The van der Waals surface area contributed by atoms with Gasteiger partial charge in [-0.3, -0.25) is 9.68 Å². The first-order chi connectivity index (χ1) is 15.3. The Hall–Kier alpha value is -3.76. The Balaban J connectivity index is 1.52. The Morgan fingerprint density at radius 1 is 0.656 bits per heavy atom. The molecule has 0 aliphatic carbocycles. The van der Waals surface area contributed by atoms with Gasteiger partial charge in [-0.15, -0.1) is 0 Å². The molecule has 0 aliphatic rings. The summed E-state index contributed by atoms with van der Waals surface area (Å²) < 4.78 is 0. The first-order valence-corrected chi connectivity index (χ1v) is 10.5. The van der Waals surface area contributed by atoms with Gasteiger partial charge in [-0.25, -0.2) is 4.79 Å². The van der Waals surface area contributed by atoms with Crippen LogP contribution in [0.3, 0.4) is 0 Å². The third-order valence-electron chi connectivity index (χ3n) is 5.52. The average molecular weight is 422 g/mol. The van der Waals surface area contributed by atoms with Crippen molar-refractivity contribution in [2.45, 2.75) is 26.4 Å². The predicted molar refractivity (Wildman–Crippen MR) is 126 cm³/mol. The van der Waals surface area contributed by atoms with Gasteiger partial charge in [0, 0.05) is 11.1 Å². The quantitative estimate of drug-likeness (QED) is 0.140. The Bertz CT molecular complexity index is 1460. The Kier molecular flexibility index (Phi) is 4.68. The van der Waals surface area contributed by atoms with Gasteiger partial charge in [-0.2, -0.15) is 4.89 Å². The Morgan fingerprint density at radius 3 is 1.88 bits per heavy atom. The van der Waals surface area contributed by atoms with Crippen LogP contribution in [0.2, 0.25) is 0 Å². The third-order valence-corrected chi connectivity index (χ3v) is 5.52. The van der Waals surface area contributed by atoms with E-state index < -0.39 is 11.6 Å². The molecule has 0 aliphatic heterocycles. The minimum Gasteiger partial charge on any atom is -0.292 e. The van der Waals surface area contributed by atoms with Crippen molar-refractivity contribution in [1.82, 2.24) is 0 Å². The lowest BCUT2D eigenvalue weighted by molar-refractivity contribution is -0.301. The molecule has 4 nitrogen and oxygen atoms in total. The number of hydrogen-bond acceptors (Lipinski definition) is 4. The molecule has 5 aromatic carbocycles. The minimum absolute atomic E-state index is 0.0891. The van der Waals surface area contributed by atoms with E-state index in [1.54, 1.807) is 45.0 Å². The molecular weight excluding hydrogens is 400 g/mol. The summed E-state index contributed by atoms with van der Waals surface area (Å²) in [4.78, 5) is 35.5. The molecule has 0 radical (unpaired) electrons. The molecule has 0 amide bonds. The highest BCUT2D eigenvalue weighted by atomic mass is 17.2. The van der Waals surface area contributed by atoms with E-state index in [0.29, 0.717) is 16.7 Å². The van der Waals surface area contributed by atoms with Gasteiger partial charge >= 0.3 is 5.97 Å². The molecule has 5 rings (SSSR count). The molecule has 0 N–H and O–H groups in total. The van der Waals surface area contributed by atoms with Crippen molar-refractivity contribution in [3.8, 4) is 0 Å². The van der Waals surface area contributed by atoms with Crippen molar-refractivity contribution in [3.05, 3.63) is 95.6 Å². The second-order valence-electron chi connectivity index (χ2n) is 8.94. The normalized spacial score (nSPS) is 12.0. The van der Waals surface area contributed by atoms with Gasteiger partial charge in [-0.05, 0) is 71.3 Å². The molecular formula is C28H22O4. The lowest BCUT2D eigenvalue weighted by Crippen LogP contribution is -2.21. The Labute approximate surface area is 185 Å². The van der Waals surface area contributed by atoms with Gasteiger partial charge in [0.05, 0.1) is 5.56 Å². The molecule has 5 aromatic rings. The number of carbonyl (C=O) groups excluding carboxylic acids is 2. The summed E-state index contributed by atoms with van der Waals surface area (Å²) in [5, 5.41) is 6.63. The van der Waals surface area contributed by atoms with Crippen molar-refractivity contribution >= 4 is 44.1 Å². The number of carbonyl (C=O) groups is 2. The molecule has 0 saturated carbocycles. The van der Waals surface area contributed by atoms with E-state index in [1.807, 2.05) is 24.3 Å². The molecule has 32 heavy (non-hydrogen) atoms. The summed E-state index contributed by atoms with van der Waals surface area (Å²) in [6.45, 7) is 5.37. The van der Waals surface area contributed by atoms with E-state index in [9.17, 15) is 9.59 Å². The van der Waals surface area contributed by atoms with E-state index in [1.165, 1.54) is 5.39 Å². The fraction of sp³-hybridized carbons (Fsp3) is 0.143. The number of benzene rings is 5. The summed E-state index contributed by atoms with van der Waals surface area (Å²) in [6, 6.07) is 24.9. The molecule has 0 aromatic heterocycles. The van der Waals surface area contributed by atoms with Crippen molar-refractivity contribution in [2.24, 2.45) is 0 Å². The smallest absolute Gasteiger partial charge is 0.292 e. The zero-order valence-electron chi connectivity index (χ0n) is 18.1. The first-order valence-electron chi connectivity index (χ1n) is 10.5. The lowest BCUT2D eigenvalue weighted by atomic mass is 9.89. The summed E-state index contributed by atoms with van der Waals surface area (Å²) in [5.41, 5.74) is 0.872. The highest BCUT2D eigenvalue weighted by Crippen LogP contribution is 2.36. The van der Waals surface area contributed by atoms with Gasteiger partial charge in [0.25, 0.3) is 0 Å². The highest BCUT2D eigenvalue weighted by molar-refractivity contribution is 6.28. The predicted octanol–water partition coefficient (Wildman–Crippen LogP) is 6.70. The summed E-state index contributed by atoms with van der Waals surface area (Å²) in [5.74, 6) is -0.685. The van der Waals surface area contributed by atoms with Gasteiger partial charge in [0.2, 0.25) is 0 Å². The van der Waals surface area contributed by atoms with Gasteiger partial charge in [0.1, 0.15) is 5.60 Å². The van der Waals surface area contributed by atoms with Gasteiger partial charge in [0.15, 0.2) is 5.78 Å². The Morgan fingerprint density at radius 2 is 1.22 bits per heavy atom. The number of ketones is 1. The zero-order valence-corrected chi connectivity index (χ0v) is 18.1. The standard InChI is InChI=1S/C28H22O4/c1-28(2,3)32-31-27(30)21-11-9-20(10-12-21)26(29)23-16-14-19-8-7-17-5-4-6-18-13-15-22(23)25(19)24(17)18/h4-16H,1-3H3. The molecule has 0 atom stereocenters. The van der Waals surface area contributed by atoms with Crippen molar-refractivity contribution in [2.75, 3.05) is 0 Å². The maximum absolute atomic E-state index is 13.4. The van der Waals surface area contributed by atoms with Crippen LogP contribution in [0.25, 0.3) is 32.3 Å². The molecule has 0 saturated heterocycles. The average Bonchev–Trinajstić information content (AvgIpc) is 2.80. The van der Waals surface area contributed by atoms with Gasteiger partial charge < -0.3 is 0 Å². The zero-order chi connectivity index (χ0) is 22.5. The van der Waals surface area contributed by atoms with Crippen LogP contribution in [0.5, 0.6) is 0 Å². The van der Waals surface area contributed by atoms with Crippen LogP contribution in [0, 0.1) is 0 Å². The van der Waals surface area contributed by atoms with E-state index in [2.05, 4.69) is 30.3 Å². The van der Waals surface area contributed by atoms with E-state index in [-0.39, 0.29) is 5.78 Å². The molecule has 158 valence electrons.